The normalized spacial score (nSPS) is 19.9. The number of fused-ring (bicyclic) bond motifs is 4. The Morgan fingerprint density at radius 1 is 0.649 bits per heavy atom. The van der Waals surface area contributed by atoms with Gasteiger partial charge >= 0.3 is 0 Å². The molecule has 2 aliphatic heterocycles. The minimum Gasteiger partial charge on any atom is -0.483 e. The minimum absolute atomic E-state index is 0.00887. The third kappa shape index (κ3) is 10.7. The number of aliphatic hydroxyl groups excluding tert-OH is 1. The summed E-state index contributed by atoms with van der Waals surface area (Å²) in [5.41, 5.74) is -0.800. The van der Waals surface area contributed by atoms with Crippen LogP contribution in [0.4, 0.5) is 17.6 Å². The first kappa shape index (κ1) is 54.1. The molecule has 2 amide bonds. The molecule has 18 heteroatoms. The van der Waals surface area contributed by atoms with Gasteiger partial charge in [0.1, 0.15) is 36.5 Å². The van der Waals surface area contributed by atoms with E-state index in [1.54, 1.807) is 28.2 Å². The molecule has 2 aromatic heterocycles. The predicted octanol–water partition coefficient (Wildman–Crippen LogP) is 8.06. The maximum Gasteiger partial charge on any atom is 0.274 e. The predicted molar refractivity (Wildman–Crippen MR) is 275 cm³/mol. The van der Waals surface area contributed by atoms with Crippen molar-refractivity contribution in [3.8, 4) is 11.5 Å². The number of ether oxygens (including phenoxy) is 3. The van der Waals surface area contributed by atoms with Crippen LogP contribution >= 0.6 is 0 Å². The smallest absolute Gasteiger partial charge is 0.274 e. The lowest BCUT2D eigenvalue weighted by molar-refractivity contribution is 0.0539. The lowest BCUT2D eigenvalue weighted by atomic mass is 9.99. The number of carbonyl (C=O) groups is 4. The quantitative estimate of drug-likeness (QED) is 0.0657. The summed E-state index contributed by atoms with van der Waals surface area (Å²) in [7, 11) is 3.24. The Hall–Kier alpha value is -7.70. The van der Waals surface area contributed by atoms with Gasteiger partial charge in [-0.05, 0) is 73.9 Å². The highest BCUT2D eigenvalue weighted by Crippen LogP contribution is 2.55. The van der Waals surface area contributed by atoms with Crippen LogP contribution in [0.2, 0.25) is 0 Å². The highest BCUT2D eigenvalue weighted by molar-refractivity contribution is 6.01. The number of methoxy groups -OCH3 is 1. The van der Waals surface area contributed by atoms with Gasteiger partial charge in [0.2, 0.25) is 10.9 Å². The summed E-state index contributed by atoms with van der Waals surface area (Å²) in [5.74, 6) is -5.21. The van der Waals surface area contributed by atoms with Crippen LogP contribution in [0.25, 0.3) is 0 Å². The van der Waals surface area contributed by atoms with Crippen LogP contribution in [0, 0.1) is 35.1 Å². The van der Waals surface area contributed by atoms with Crippen molar-refractivity contribution in [2.24, 2.45) is 11.8 Å². The molecule has 4 aromatic carbocycles. The van der Waals surface area contributed by atoms with E-state index in [0.717, 1.165) is 35.4 Å². The van der Waals surface area contributed by atoms with E-state index in [9.17, 15) is 51.4 Å². The van der Waals surface area contributed by atoms with Crippen molar-refractivity contribution in [3.05, 3.63) is 198 Å². The lowest BCUT2D eigenvalue weighted by Gasteiger charge is -2.40. The van der Waals surface area contributed by atoms with Crippen molar-refractivity contribution in [2.75, 3.05) is 40.5 Å². The van der Waals surface area contributed by atoms with E-state index in [1.165, 1.54) is 29.4 Å². The van der Waals surface area contributed by atoms with Gasteiger partial charge in [-0.1, -0.05) is 72.8 Å². The van der Waals surface area contributed by atoms with E-state index < -0.39 is 62.7 Å². The molecule has 0 bridgehead atoms. The number of Topliss-reactive ketones (excluding diaryl/α,β-unsaturated/α-hetero) is 2. The fourth-order valence-electron chi connectivity index (χ4n) is 10.7. The van der Waals surface area contributed by atoms with Gasteiger partial charge in [-0.25, -0.2) is 17.6 Å². The number of aryl methyl sites for hydroxylation is 2. The first-order chi connectivity index (χ1) is 36.9. The van der Waals surface area contributed by atoms with Crippen LogP contribution in [-0.4, -0.2) is 93.9 Å². The van der Waals surface area contributed by atoms with Crippen LogP contribution in [-0.2, 0) is 41.9 Å². The number of carbonyl (C=O) groups excluding carboxylic acids is 4. The summed E-state index contributed by atoms with van der Waals surface area (Å²) in [5, 5.41) is 9.87. The molecule has 0 unspecified atom stereocenters. The van der Waals surface area contributed by atoms with Crippen LogP contribution in [0.15, 0.2) is 119 Å². The maximum absolute atomic E-state index is 14.2. The molecule has 2 saturated carbocycles. The summed E-state index contributed by atoms with van der Waals surface area (Å²) in [6.45, 7) is 4.97. The number of likely N-dealkylation sites (N-methyl/N-ethyl adjacent to an activating group) is 1. The first-order valence-electron chi connectivity index (χ1n) is 25.5. The van der Waals surface area contributed by atoms with Gasteiger partial charge < -0.3 is 38.3 Å². The van der Waals surface area contributed by atoms with Crippen molar-refractivity contribution in [3.63, 3.8) is 0 Å². The zero-order chi connectivity index (χ0) is 54.9. The number of aliphatic hydroxyl groups is 1. The monoisotopic (exact) mass is 1060 g/mol. The van der Waals surface area contributed by atoms with E-state index >= 15 is 0 Å². The van der Waals surface area contributed by atoms with Crippen molar-refractivity contribution < 1.29 is 56.1 Å². The Labute approximate surface area is 441 Å². The number of halogens is 4. The number of hydrogen-bond donors (Lipinski definition) is 1. The fraction of sp³-hybridized carbons (Fsp3) is 0.356. The maximum atomic E-state index is 14.2. The number of nitrogens with zero attached hydrogens (tertiary/aromatic N) is 4. The highest BCUT2D eigenvalue weighted by atomic mass is 19.1. The molecule has 10 rings (SSSR count). The third-order valence-corrected chi connectivity index (χ3v) is 15.2. The molecule has 2 fully saturated rings. The van der Waals surface area contributed by atoms with Gasteiger partial charge in [-0.2, -0.15) is 0 Å². The Morgan fingerprint density at radius 3 is 1.53 bits per heavy atom. The molecule has 402 valence electrons. The highest BCUT2D eigenvalue weighted by Gasteiger charge is 2.62. The molecule has 0 saturated heterocycles. The standard InChI is InChI=1S/C31H32F2N2O5.C28H26F2N2O5/c1-19(2)34-18-31(14-22(31)17-39-3)35-15-24(26(36)12-10-21-9-11-23(32)13-25(21)33)28(37)29(27(35)30(34)38)40-16-20-7-5-4-6-8-20;1-31-16-28(12-19(28)14-33)32-13-21(23(34)10-8-18-7-9-20(29)11-22(18)30)25(35)26(24(32)27(31)36)37-15-17-5-3-2-4-6-17/h4-9,11,13,15,19,22H,10,12,14,16-18H2,1-3H3;2-7,9,11,13,19,33H,8,10,12,14-16H2,1H3/t22-,31+;19-,28+/m00/s1. The summed E-state index contributed by atoms with van der Waals surface area (Å²) in [4.78, 5) is 84.3. The number of benzene rings is 4. The molecule has 2 aliphatic carbocycles. The van der Waals surface area contributed by atoms with Gasteiger partial charge in [0.15, 0.2) is 34.5 Å². The van der Waals surface area contributed by atoms with E-state index in [4.69, 9.17) is 14.2 Å². The van der Waals surface area contributed by atoms with Crippen molar-refractivity contribution >= 4 is 23.4 Å². The number of hydrogen-bond acceptors (Lipinski definition) is 10. The topological polar surface area (TPSA) is 167 Å². The van der Waals surface area contributed by atoms with Crippen LogP contribution in [0.3, 0.4) is 0 Å². The molecule has 77 heavy (non-hydrogen) atoms. The zero-order valence-electron chi connectivity index (χ0n) is 43.0. The lowest BCUT2D eigenvalue weighted by Crippen LogP contribution is -2.52. The molecule has 4 heterocycles. The number of rotatable bonds is 18. The fourth-order valence-corrected chi connectivity index (χ4v) is 10.7. The summed E-state index contributed by atoms with van der Waals surface area (Å²) < 4.78 is 75.7. The SMILES string of the molecule is CN1C[C@@]2(C[C@H]2CO)n2cc(C(=O)CCc3ccc(F)cc3F)c(=O)c(OCc3ccccc3)c2C1=O.COC[C@@H]1C[C@@]12CN(C(C)C)C(=O)c1c(OCc3ccccc3)c(=O)c(C(=O)CCc3ccc(F)cc3F)cn12. The van der Waals surface area contributed by atoms with E-state index in [0.29, 0.717) is 32.5 Å². The van der Waals surface area contributed by atoms with E-state index in [-0.39, 0.29) is 114 Å². The molecule has 1 N–H and O–H groups in total. The second-order valence-electron chi connectivity index (χ2n) is 20.5. The van der Waals surface area contributed by atoms with Crippen LogP contribution in [0.1, 0.15) is 103 Å². The number of amides is 2. The Bertz CT molecular complexity index is 3390. The van der Waals surface area contributed by atoms with Gasteiger partial charge in [0, 0.05) is 89.1 Å². The second kappa shape index (κ2) is 22.1. The number of pyridine rings is 2. The van der Waals surface area contributed by atoms with Gasteiger partial charge in [0.05, 0.1) is 28.8 Å². The molecule has 14 nitrogen and oxygen atoms in total. The van der Waals surface area contributed by atoms with Crippen molar-refractivity contribution in [2.45, 2.75) is 82.7 Å². The summed E-state index contributed by atoms with van der Waals surface area (Å²) in [6, 6.07) is 24.5. The number of aromatic nitrogens is 2. The zero-order valence-corrected chi connectivity index (χ0v) is 43.0. The van der Waals surface area contributed by atoms with Gasteiger partial charge in [0.25, 0.3) is 11.8 Å². The van der Waals surface area contributed by atoms with Gasteiger partial charge in [-0.3, -0.25) is 28.8 Å². The molecule has 0 radical (unpaired) electrons. The molecular weight excluding hydrogens is 1000 g/mol. The average molecular weight is 1060 g/mol. The van der Waals surface area contributed by atoms with Crippen LogP contribution < -0.4 is 20.3 Å². The average Bonchev–Trinajstić information content (AvgIpc) is 4.52. The van der Waals surface area contributed by atoms with Crippen LogP contribution in [0.5, 0.6) is 11.5 Å². The third-order valence-electron chi connectivity index (χ3n) is 15.2. The minimum atomic E-state index is -0.766. The molecular formula is C59H58F4N4O10. The van der Waals surface area contributed by atoms with Crippen molar-refractivity contribution in [1.82, 2.24) is 18.9 Å². The van der Waals surface area contributed by atoms with E-state index in [2.05, 4.69) is 0 Å². The summed E-state index contributed by atoms with van der Waals surface area (Å²) in [6.07, 6.45) is 3.74. The molecule has 4 aliphatic rings. The number of ketones is 2. The molecule has 6 aromatic rings. The second-order valence-corrected chi connectivity index (χ2v) is 20.5. The van der Waals surface area contributed by atoms with E-state index in [1.807, 2.05) is 74.5 Å². The Morgan fingerprint density at radius 2 is 1.10 bits per heavy atom. The first-order valence-corrected chi connectivity index (χ1v) is 25.5. The Kier molecular flexibility index (Phi) is 15.5. The largest absolute Gasteiger partial charge is 0.483 e. The van der Waals surface area contributed by atoms with Gasteiger partial charge in [-0.15, -0.1) is 0 Å². The Balaban J connectivity index is 0.000000188. The van der Waals surface area contributed by atoms with Crippen molar-refractivity contribution in [1.29, 1.82) is 0 Å². The summed E-state index contributed by atoms with van der Waals surface area (Å²) >= 11 is 0. The molecule has 2 spiro atoms. The molecule has 4 atom stereocenters.